The zero-order valence-electron chi connectivity index (χ0n) is 30.8. The van der Waals surface area contributed by atoms with Gasteiger partial charge in [0.05, 0.1) is 11.3 Å². The summed E-state index contributed by atoms with van der Waals surface area (Å²) in [5.74, 6) is 0.841. The predicted octanol–water partition coefficient (Wildman–Crippen LogP) is 9.24. The average molecular weight is 660 g/mol. The molecule has 0 saturated heterocycles. The Hall–Kier alpha value is -2.15. The van der Waals surface area contributed by atoms with E-state index < -0.39 is 5.41 Å². The molecule has 47 heavy (non-hydrogen) atoms. The largest absolute Gasteiger partial charge is 0.465 e. The van der Waals surface area contributed by atoms with Gasteiger partial charge in [-0.3, -0.25) is 14.4 Å². The maximum absolute atomic E-state index is 13.3. The number of allylic oxidation sites excluding steroid dienone is 4. The molecular weight excluding hydrogens is 590 g/mol. The molecule has 0 amide bonds. The molecule has 0 N–H and O–H groups in total. The van der Waals surface area contributed by atoms with Crippen molar-refractivity contribution >= 4 is 17.9 Å². The van der Waals surface area contributed by atoms with Crippen LogP contribution in [-0.2, 0) is 28.6 Å². The van der Waals surface area contributed by atoms with Crippen molar-refractivity contribution in [1.29, 1.82) is 0 Å². The lowest BCUT2D eigenvalue weighted by molar-refractivity contribution is -0.164. The quantitative estimate of drug-likeness (QED) is 0.0418. The normalized spacial score (nSPS) is 23.3. The Kier molecular flexibility index (Phi) is 21.0. The minimum absolute atomic E-state index is 0.0739. The number of fused-ring (bicyclic) bond motifs is 2. The van der Waals surface area contributed by atoms with Crippen LogP contribution in [0.3, 0.4) is 0 Å². The third-order valence-corrected chi connectivity index (χ3v) is 9.84. The maximum Gasteiger partial charge on any atom is 0.311 e. The van der Waals surface area contributed by atoms with Crippen LogP contribution in [0, 0.1) is 29.1 Å². The summed E-state index contributed by atoms with van der Waals surface area (Å²) in [5, 5.41) is 0. The summed E-state index contributed by atoms with van der Waals surface area (Å²) in [6, 6.07) is 0. The van der Waals surface area contributed by atoms with Gasteiger partial charge in [0, 0.05) is 12.8 Å². The van der Waals surface area contributed by atoms with Crippen LogP contribution in [-0.4, -0.2) is 63.3 Å². The first-order valence-electron chi connectivity index (χ1n) is 19.0. The van der Waals surface area contributed by atoms with Gasteiger partial charge < -0.3 is 19.1 Å². The van der Waals surface area contributed by atoms with Crippen molar-refractivity contribution in [3.8, 4) is 0 Å². The smallest absolute Gasteiger partial charge is 0.311 e. The Morgan fingerprint density at radius 2 is 1.26 bits per heavy atom. The molecule has 0 radical (unpaired) electrons. The highest BCUT2D eigenvalue weighted by Crippen LogP contribution is 2.50. The number of ether oxygens (including phenoxy) is 3. The van der Waals surface area contributed by atoms with E-state index in [0.717, 1.165) is 57.4 Å². The second-order valence-corrected chi connectivity index (χ2v) is 15.2. The molecule has 7 nitrogen and oxygen atoms in total. The van der Waals surface area contributed by atoms with Crippen molar-refractivity contribution in [2.45, 2.75) is 143 Å². The van der Waals surface area contributed by atoms with Crippen LogP contribution in [0.1, 0.15) is 143 Å². The summed E-state index contributed by atoms with van der Waals surface area (Å²) in [7, 11) is 3.94. The summed E-state index contributed by atoms with van der Waals surface area (Å²) in [5.41, 5.74) is -0.473. The molecule has 0 spiro atoms. The summed E-state index contributed by atoms with van der Waals surface area (Å²) < 4.78 is 17.0. The molecule has 2 fully saturated rings. The van der Waals surface area contributed by atoms with E-state index in [1.165, 1.54) is 57.8 Å². The Morgan fingerprint density at radius 3 is 1.85 bits per heavy atom. The van der Waals surface area contributed by atoms with Crippen molar-refractivity contribution in [2.75, 3.05) is 40.5 Å². The van der Waals surface area contributed by atoms with Gasteiger partial charge in [0.25, 0.3) is 0 Å². The zero-order valence-corrected chi connectivity index (χ0v) is 30.8. The van der Waals surface area contributed by atoms with Crippen LogP contribution < -0.4 is 0 Å². The molecule has 7 heteroatoms. The average Bonchev–Trinajstić information content (AvgIpc) is 3.01. The molecule has 3 unspecified atom stereocenters. The molecule has 0 aromatic heterocycles. The van der Waals surface area contributed by atoms with Crippen molar-refractivity contribution in [3.63, 3.8) is 0 Å². The van der Waals surface area contributed by atoms with Gasteiger partial charge >= 0.3 is 17.9 Å². The Bertz CT molecular complexity index is 925. The minimum Gasteiger partial charge on any atom is -0.465 e. The van der Waals surface area contributed by atoms with Crippen LogP contribution in [0.15, 0.2) is 24.3 Å². The number of esters is 3. The highest BCUT2D eigenvalue weighted by atomic mass is 16.6. The van der Waals surface area contributed by atoms with Gasteiger partial charge in [-0.2, -0.15) is 0 Å². The number of rotatable bonds is 25. The second-order valence-electron chi connectivity index (χ2n) is 15.2. The third kappa shape index (κ3) is 18.8. The van der Waals surface area contributed by atoms with Gasteiger partial charge in [-0.25, -0.2) is 0 Å². The number of hydrogen-bond donors (Lipinski definition) is 0. The Labute approximate surface area is 287 Å². The molecule has 2 saturated carbocycles. The summed E-state index contributed by atoms with van der Waals surface area (Å²) >= 11 is 0. The lowest BCUT2D eigenvalue weighted by Gasteiger charge is -2.45. The topological polar surface area (TPSA) is 82.1 Å². The van der Waals surface area contributed by atoms with E-state index in [4.69, 9.17) is 14.2 Å². The number of nitrogens with zero attached hydrogens (tertiary/aromatic N) is 1. The molecule has 0 aliphatic heterocycles. The number of carbonyl (C=O) groups is 3. The van der Waals surface area contributed by atoms with Gasteiger partial charge in [-0.05, 0) is 122 Å². The molecule has 2 aliphatic carbocycles. The molecular formula is C40H69NO6. The van der Waals surface area contributed by atoms with Crippen LogP contribution in [0.2, 0.25) is 0 Å². The standard InChI is InChI=1S/C40H69NO6/c1-6-7-8-9-10-11-12-13-14-15-16-17-18-19-20-22-37(42)45-30-36(31-46-38(43)23-21-24-41(4)5)32-47-39(44)40(3)28-34-25-33(2)26-35(27-34)29-40/h10-11,13-14,33-36H,6-9,12,15-32H2,1-5H3/b11-10-,14-13-. The molecule has 270 valence electrons. The van der Waals surface area contributed by atoms with Crippen molar-refractivity contribution in [2.24, 2.45) is 29.1 Å². The Balaban J connectivity index is 1.68. The first-order chi connectivity index (χ1) is 22.6. The third-order valence-electron chi connectivity index (χ3n) is 9.84. The van der Waals surface area contributed by atoms with Crippen LogP contribution in [0.4, 0.5) is 0 Å². The molecule has 0 aromatic rings. The van der Waals surface area contributed by atoms with Gasteiger partial charge in [0.2, 0.25) is 0 Å². The summed E-state index contributed by atoms with van der Waals surface area (Å²) in [4.78, 5) is 40.3. The highest BCUT2D eigenvalue weighted by molar-refractivity contribution is 5.76. The van der Waals surface area contributed by atoms with E-state index in [0.29, 0.717) is 31.1 Å². The first kappa shape index (κ1) is 41.0. The zero-order chi connectivity index (χ0) is 34.3. The molecule has 0 aromatic carbocycles. The molecule has 0 heterocycles. The van der Waals surface area contributed by atoms with Gasteiger partial charge in [0.1, 0.15) is 19.8 Å². The predicted molar refractivity (Wildman–Crippen MR) is 191 cm³/mol. The van der Waals surface area contributed by atoms with Gasteiger partial charge in [-0.15, -0.1) is 0 Å². The van der Waals surface area contributed by atoms with E-state index >= 15 is 0 Å². The van der Waals surface area contributed by atoms with Gasteiger partial charge in [-0.1, -0.05) is 70.3 Å². The lowest BCUT2D eigenvalue weighted by atomic mass is 9.59. The van der Waals surface area contributed by atoms with Crippen LogP contribution in [0.5, 0.6) is 0 Å². The van der Waals surface area contributed by atoms with E-state index in [1.807, 2.05) is 19.0 Å². The summed E-state index contributed by atoms with van der Waals surface area (Å²) in [6.45, 7) is 7.66. The number of hydrogen-bond acceptors (Lipinski definition) is 7. The fourth-order valence-corrected chi connectivity index (χ4v) is 7.45. The Morgan fingerprint density at radius 1 is 0.723 bits per heavy atom. The van der Waals surface area contributed by atoms with Crippen molar-refractivity contribution in [3.05, 3.63) is 24.3 Å². The maximum atomic E-state index is 13.3. The molecule has 2 rings (SSSR count). The lowest BCUT2D eigenvalue weighted by Crippen LogP contribution is -2.42. The fourth-order valence-electron chi connectivity index (χ4n) is 7.45. The number of unbranched alkanes of at least 4 members (excludes halogenated alkanes) is 8. The van der Waals surface area contributed by atoms with Crippen molar-refractivity contribution in [1.82, 2.24) is 4.90 Å². The first-order valence-corrected chi connectivity index (χ1v) is 19.0. The van der Waals surface area contributed by atoms with Crippen LogP contribution >= 0.6 is 0 Å². The molecule has 3 atom stereocenters. The SMILES string of the molecule is CCCCC/C=C\C/C=C\CCCCCCCC(=O)OCC(COC(=O)CCCN(C)C)COC(=O)C1(C)CC2CC(C)CC(C2)C1. The van der Waals surface area contributed by atoms with E-state index in [1.54, 1.807) is 0 Å². The second kappa shape index (κ2) is 24.1. The summed E-state index contributed by atoms with van der Waals surface area (Å²) in [6.07, 6.45) is 28.3. The highest BCUT2D eigenvalue weighted by Gasteiger charge is 2.46. The minimum atomic E-state index is -0.473. The van der Waals surface area contributed by atoms with Crippen LogP contribution in [0.25, 0.3) is 0 Å². The van der Waals surface area contributed by atoms with E-state index in [9.17, 15) is 14.4 Å². The number of carbonyl (C=O) groups excluding carboxylic acids is 3. The van der Waals surface area contributed by atoms with E-state index in [2.05, 4.69) is 45.1 Å². The van der Waals surface area contributed by atoms with Gasteiger partial charge in [0.15, 0.2) is 0 Å². The van der Waals surface area contributed by atoms with Crippen molar-refractivity contribution < 1.29 is 28.6 Å². The van der Waals surface area contributed by atoms with E-state index in [-0.39, 0.29) is 43.6 Å². The molecule has 2 bridgehead atoms. The molecule has 2 aliphatic rings. The fraction of sp³-hybridized carbons (Fsp3) is 0.825. The monoisotopic (exact) mass is 660 g/mol.